The monoisotopic (exact) mass is 250 g/mol. The first-order valence-corrected chi connectivity index (χ1v) is 6.20. The van der Waals surface area contributed by atoms with Crippen molar-refractivity contribution in [3.05, 3.63) is 64.2 Å². The predicted molar refractivity (Wildman–Crippen MR) is 77.3 cm³/mol. The molecule has 0 bridgehead atoms. The number of H-pyrrole nitrogens is 1. The van der Waals surface area contributed by atoms with Gasteiger partial charge in [-0.15, -0.1) is 0 Å². The predicted octanol–water partition coefficient (Wildman–Crippen LogP) is 3.21. The zero-order valence-corrected chi connectivity index (χ0v) is 10.9. The summed E-state index contributed by atoms with van der Waals surface area (Å²) in [6, 6.07) is 12.1. The Morgan fingerprint density at radius 2 is 1.68 bits per heavy atom. The fraction of sp³-hybridized carbons (Fsp3) is 0.125. The average Bonchev–Trinajstić information content (AvgIpc) is 2.42. The van der Waals surface area contributed by atoms with E-state index in [2.05, 4.69) is 42.0 Å². The van der Waals surface area contributed by atoms with Gasteiger partial charge in [-0.25, -0.2) is 4.98 Å². The van der Waals surface area contributed by atoms with E-state index in [1.807, 2.05) is 18.2 Å². The van der Waals surface area contributed by atoms with Gasteiger partial charge in [-0.05, 0) is 48.2 Å². The summed E-state index contributed by atoms with van der Waals surface area (Å²) in [6.07, 6.45) is 1.44. The molecule has 94 valence electrons. The van der Waals surface area contributed by atoms with Crippen LogP contribution >= 0.6 is 0 Å². The van der Waals surface area contributed by atoms with Crippen LogP contribution in [0.15, 0.2) is 47.5 Å². The maximum absolute atomic E-state index is 11.6. The van der Waals surface area contributed by atoms with E-state index in [1.54, 1.807) is 0 Å². The summed E-state index contributed by atoms with van der Waals surface area (Å²) in [4.78, 5) is 18.4. The second-order valence-electron chi connectivity index (χ2n) is 4.76. The number of hydrogen-bond acceptors (Lipinski definition) is 2. The van der Waals surface area contributed by atoms with Gasteiger partial charge in [-0.3, -0.25) is 4.79 Å². The molecule has 0 atom stereocenters. The van der Waals surface area contributed by atoms with Crippen LogP contribution in [-0.2, 0) is 0 Å². The molecule has 0 fully saturated rings. The van der Waals surface area contributed by atoms with Crippen LogP contribution in [0.5, 0.6) is 0 Å². The third-order valence-electron chi connectivity index (χ3n) is 3.48. The number of hydrogen-bond donors (Lipinski definition) is 1. The van der Waals surface area contributed by atoms with E-state index in [4.69, 9.17) is 0 Å². The lowest BCUT2D eigenvalue weighted by Crippen LogP contribution is -2.05. The molecule has 0 aliphatic carbocycles. The smallest absolute Gasteiger partial charge is 0.258 e. The van der Waals surface area contributed by atoms with Crippen molar-refractivity contribution in [3.8, 4) is 11.1 Å². The van der Waals surface area contributed by atoms with Crippen molar-refractivity contribution in [1.82, 2.24) is 9.97 Å². The number of fused-ring (bicyclic) bond motifs is 1. The highest BCUT2D eigenvalue weighted by atomic mass is 16.1. The van der Waals surface area contributed by atoms with Crippen LogP contribution in [0.25, 0.3) is 22.0 Å². The number of benzene rings is 2. The van der Waals surface area contributed by atoms with Crippen molar-refractivity contribution in [2.45, 2.75) is 13.8 Å². The van der Waals surface area contributed by atoms with Gasteiger partial charge in [0.05, 0.1) is 17.2 Å². The Labute approximate surface area is 111 Å². The molecule has 0 amide bonds. The van der Waals surface area contributed by atoms with Gasteiger partial charge in [0.2, 0.25) is 0 Å². The fourth-order valence-electron chi connectivity index (χ4n) is 2.17. The summed E-state index contributed by atoms with van der Waals surface area (Å²) in [5, 5.41) is 0.620. The third kappa shape index (κ3) is 2.03. The minimum Gasteiger partial charge on any atom is -0.313 e. The lowest BCUT2D eigenvalue weighted by atomic mass is 10.00. The molecular weight excluding hydrogens is 236 g/mol. The standard InChI is InChI=1S/C16H14N2O/c1-10-3-4-12(7-11(10)2)13-5-6-14-15(8-13)17-9-18-16(14)19/h3-9H,1-2H3,(H,17,18,19). The Bertz CT molecular complexity index is 818. The van der Waals surface area contributed by atoms with Gasteiger partial charge in [0.1, 0.15) is 0 Å². The quantitative estimate of drug-likeness (QED) is 0.720. The Kier molecular flexibility index (Phi) is 2.67. The molecule has 1 aromatic heterocycles. The molecule has 3 nitrogen and oxygen atoms in total. The molecule has 0 spiro atoms. The molecule has 0 radical (unpaired) electrons. The lowest BCUT2D eigenvalue weighted by molar-refractivity contribution is 1.17. The topological polar surface area (TPSA) is 45.8 Å². The van der Waals surface area contributed by atoms with E-state index in [0.29, 0.717) is 5.39 Å². The van der Waals surface area contributed by atoms with E-state index >= 15 is 0 Å². The maximum atomic E-state index is 11.6. The van der Waals surface area contributed by atoms with Crippen molar-refractivity contribution in [2.75, 3.05) is 0 Å². The van der Waals surface area contributed by atoms with Crippen LogP contribution in [0.1, 0.15) is 11.1 Å². The molecule has 3 aromatic rings. The Morgan fingerprint density at radius 3 is 2.47 bits per heavy atom. The van der Waals surface area contributed by atoms with Gasteiger partial charge in [-0.2, -0.15) is 0 Å². The largest absolute Gasteiger partial charge is 0.313 e. The van der Waals surface area contributed by atoms with Crippen molar-refractivity contribution in [2.24, 2.45) is 0 Å². The van der Waals surface area contributed by atoms with Crippen LogP contribution in [0.2, 0.25) is 0 Å². The average molecular weight is 250 g/mol. The molecule has 3 heteroatoms. The zero-order valence-electron chi connectivity index (χ0n) is 10.9. The maximum Gasteiger partial charge on any atom is 0.258 e. The molecular formula is C16H14N2O. The van der Waals surface area contributed by atoms with Gasteiger partial charge in [0.15, 0.2) is 0 Å². The summed E-state index contributed by atoms with van der Waals surface area (Å²) in [7, 11) is 0. The normalized spacial score (nSPS) is 10.8. The molecule has 0 unspecified atom stereocenters. The Morgan fingerprint density at radius 1 is 0.947 bits per heavy atom. The highest BCUT2D eigenvalue weighted by Gasteiger charge is 2.04. The number of aromatic nitrogens is 2. The van der Waals surface area contributed by atoms with E-state index in [1.165, 1.54) is 17.5 Å². The summed E-state index contributed by atoms with van der Waals surface area (Å²) in [5.41, 5.74) is 5.38. The molecule has 3 rings (SSSR count). The highest BCUT2D eigenvalue weighted by Crippen LogP contribution is 2.24. The van der Waals surface area contributed by atoms with Gasteiger partial charge in [0.25, 0.3) is 5.56 Å². The first kappa shape index (κ1) is 11.7. The number of nitrogens with zero attached hydrogens (tertiary/aromatic N) is 1. The van der Waals surface area contributed by atoms with E-state index in [9.17, 15) is 4.79 Å². The number of aromatic amines is 1. The minimum atomic E-state index is -0.100. The number of nitrogens with one attached hydrogen (secondary N) is 1. The van der Waals surface area contributed by atoms with Crippen LogP contribution in [-0.4, -0.2) is 9.97 Å². The zero-order chi connectivity index (χ0) is 13.4. The lowest BCUT2D eigenvalue weighted by Gasteiger charge is -2.06. The van der Waals surface area contributed by atoms with Gasteiger partial charge in [0, 0.05) is 0 Å². The SMILES string of the molecule is Cc1ccc(-c2ccc3c(=O)[nH]cnc3c2)cc1C. The molecule has 0 saturated heterocycles. The van der Waals surface area contributed by atoms with Gasteiger partial charge in [-0.1, -0.05) is 24.3 Å². The molecule has 2 aromatic carbocycles. The van der Waals surface area contributed by atoms with Gasteiger partial charge >= 0.3 is 0 Å². The Balaban J connectivity index is 2.20. The number of rotatable bonds is 1. The van der Waals surface area contributed by atoms with Crippen molar-refractivity contribution < 1.29 is 0 Å². The number of aryl methyl sites for hydroxylation is 2. The van der Waals surface area contributed by atoms with Crippen molar-refractivity contribution in [3.63, 3.8) is 0 Å². The van der Waals surface area contributed by atoms with E-state index in [-0.39, 0.29) is 5.56 Å². The van der Waals surface area contributed by atoms with E-state index in [0.717, 1.165) is 16.6 Å². The summed E-state index contributed by atoms with van der Waals surface area (Å²) >= 11 is 0. The highest BCUT2D eigenvalue weighted by molar-refractivity contribution is 5.83. The first-order valence-electron chi connectivity index (χ1n) is 6.20. The molecule has 0 aliphatic heterocycles. The third-order valence-corrected chi connectivity index (χ3v) is 3.48. The van der Waals surface area contributed by atoms with Crippen molar-refractivity contribution in [1.29, 1.82) is 0 Å². The molecule has 0 aliphatic rings. The first-order chi connectivity index (χ1) is 9.15. The fourth-order valence-corrected chi connectivity index (χ4v) is 2.17. The van der Waals surface area contributed by atoms with Crippen molar-refractivity contribution >= 4 is 10.9 Å². The Hall–Kier alpha value is -2.42. The minimum absolute atomic E-state index is 0.100. The van der Waals surface area contributed by atoms with Crippen LogP contribution < -0.4 is 5.56 Å². The molecule has 1 N–H and O–H groups in total. The second kappa shape index (κ2) is 4.35. The van der Waals surface area contributed by atoms with Crippen LogP contribution in [0, 0.1) is 13.8 Å². The summed E-state index contributed by atoms with van der Waals surface area (Å²) in [6.45, 7) is 4.20. The molecule has 1 heterocycles. The molecule has 19 heavy (non-hydrogen) atoms. The van der Waals surface area contributed by atoms with Crippen LogP contribution in [0.3, 0.4) is 0 Å². The summed E-state index contributed by atoms with van der Waals surface area (Å²) < 4.78 is 0. The van der Waals surface area contributed by atoms with E-state index < -0.39 is 0 Å². The van der Waals surface area contributed by atoms with Crippen LogP contribution in [0.4, 0.5) is 0 Å². The second-order valence-corrected chi connectivity index (χ2v) is 4.76. The molecule has 0 saturated carbocycles. The summed E-state index contributed by atoms with van der Waals surface area (Å²) in [5.74, 6) is 0. The van der Waals surface area contributed by atoms with Gasteiger partial charge < -0.3 is 4.98 Å².